The number of benzene rings is 3. The number of anilines is 1. The van der Waals surface area contributed by atoms with Crippen LogP contribution in [0.25, 0.3) is 0 Å². The highest BCUT2D eigenvalue weighted by Gasteiger charge is 2.34. The van der Waals surface area contributed by atoms with Crippen molar-refractivity contribution in [3.8, 4) is 0 Å². The molecular formula is C28H30Cl2FN3O4S. The summed E-state index contributed by atoms with van der Waals surface area (Å²) < 4.78 is 41.2. The molecule has 2 amide bonds. The van der Waals surface area contributed by atoms with Crippen LogP contribution in [0, 0.1) is 5.82 Å². The van der Waals surface area contributed by atoms with Gasteiger partial charge >= 0.3 is 0 Å². The van der Waals surface area contributed by atoms with Gasteiger partial charge in [0.1, 0.15) is 18.4 Å². The summed E-state index contributed by atoms with van der Waals surface area (Å²) in [5, 5.41) is 3.12. The quantitative estimate of drug-likeness (QED) is 0.336. The molecule has 3 aromatic carbocycles. The lowest BCUT2D eigenvalue weighted by molar-refractivity contribution is -0.140. The van der Waals surface area contributed by atoms with Crippen molar-refractivity contribution in [1.82, 2.24) is 10.2 Å². The van der Waals surface area contributed by atoms with Crippen molar-refractivity contribution in [3.05, 3.63) is 99.8 Å². The Morgan fingerprint density at radius 3 is 2.23 bits per heavy atom. The van der Waals surface area contributed by atoms with Crippen molar-refractivity contribution in [2.24, 2.45) is 0 Å². The normalized spacial score (nSPS) is 12.2. The van der Waals surface area contributed by atoms with Crippen molar-refractivity contribution in [1.29, 1.82) is 0 Å². The number of hydrogen-bond donors (Lipinski definition) is 1. The van der Waals surface area contributed by atoms with Gasteiger partial charge in [0.2, 0.25) is 21.8 Å². The molecule has 1 atom stereocenters. The first-order valence-corrected chi connectivity index (χ1v) is 14.8. The van der Waals surface area contributed by atoms with E-state index in [0.717, 1.165) is 16.1 Å². The summed E-state index contributed by atoms with van der Waals surface area (Å²) in [6.45, 7) is 2.61. The van der Waals surface area contributed by atoms with E-state index in [1.807, 2.05) is 30.3 Å². The van der Waals surface area contributed by atoms with Crippen LogP contribution in [0.4, 0.5) is 10.1 Å². The molecule has 1 unspecified atom stereocenters. The minimum absolute atomic E-state index is 0.0112. The minimum atomic E-state index is -4.02. The largest absolute Gasteiger partial charge is 0.352 e. The van der Waals surface area contributed by atoms with Gasteiger partial charge in [0, 0.05) is 29.6 Å². The molecule has 0 heterocycles. The zero-order chi connectivity index (χ0) is 28.7. The molecule has 7 nitrogen and oxygen atoms in total. The highest BCUT2D eigenvalue weighted by atomic mass is 35.5. The van der Waals surface area contributed by atoms with E-state index in [1.54, 1.807) is 19.9 Å². The number of nitrogens with zero attached hydrogens (tertiary/aromatic N) is 2. The van der Waals surface area contributed by atoms with Gasteiger partial charge in [0.05, 0.1) is 17.0 Å². The topological polar surface area (TPSA) is 86.8 Å². The maximum absolute atomic E-state index is 14.8. The van der Waals surface area contributed by atoms with Crippen LogP contribution >= 0.6 is 23.2 Å². The summed E-state index contributed by atoms with van der Waals surface area (Å²) >= 11 is 12.4. The molecule has 0 bridgehead atoms. The van der Waals surface area contributed by atoms with Gasteiger partial charge in [0.15, 0.2) is 0 Å². The lowest BCUT2D eigenvalue weighted by Gasteiger charge is -2.34. The highest BCUT2D eigenvalue weighted by Crippen LogP contribution is 2.31. The Hall–Kier alpha value is -3.14. The first-order chi connectivity index (χ1) is 18.4. The predicted octanol–water partition coefficient (Wildman–Crippen LogP) is 5.06. The van der Waals surface area contributed by atoms with Crippen LogP contribution in [-0.4, -0.2) is 50.0 Å². The first kappa shape index (κ1) is 30.4. The van der Waals surface area contributed by atoms with Crippen molar-refractivity contribution < 1.29 is 22.4 Å². The van der Waals surface area contributed by atoms with E-state index in [4.69, 9.17) is 23.2 Å². The molecule has 0 saturated heterocycles. The lowest BCUT2D eigenvalue weighted by Crippen LogP contribution is -2.54. The summed E-state index contributed by atoms with van der Waals surface area (Å²) in [6, 6.07) is 17.9. The van der Waals surface area contributed by atoms with Crippen molar-refractivity contribution in [2.75, 3.05) is 17.1 Å². The Morgan fingerprint density at radius 2 is 1.62 bits per heavy atom. The van der Waals surface area contributed by atoms with E-state index < -0.39 is 40.2 Å². The molecule has 0 fully saturated rings. The van der Waals surface area contributed by atoms with Crippen molar-refractivity contribution >= 4 is 50.7 Å². The maximum Gasteiger partial charge on any atom is 0.244 e. The molecule has 0 radical (unpaired) electrons. The van der Waals surface area contributed by atoms with E-state index in [2.05, 4.69) is 5.32 Å². The lowest BCUT2D eigenvalue weighted by atomic mass is 10.0. The van der Waals surface area contributed by atoms with E-state index >= 15 is 0 Å². The molecule has 39 heavy (non-hydrogen) atoms. The molecule has 0 aliphatic rings. The van der Waals surface area contributed by atoms with E-state index in [-0.39, 0.29) is 40.3 Å². The third-order valence-corrected chi connectivity index (χ3v) is 7.54. The molecule has 0 saturated carbocycles. The Bertz CT molecular complexity index is 1420. The third-order valence-electron chi connectivity index (χ3n) is 5.86. The average molecular weight is 595 g/mol. The molecule has 1 N–H and O–H groups in total. The van der Waals surface area contributed by atoms with Gasteiger partial charge < -0.3 is 10.2 Å². The molecule has 3 rings (SSSR count). The number of sulfonamides is 1. The number of carbonyl (C=O) groups excluding carboxylic acids is 2. The van der Waals surface area contributed by atoms with E-state index in [0.29, 0.717) is 0 Å². The summed E-state index contributed by atoms with van der Waals surface area (Å²) in [4.78, 5) is 28.6. The van der Waals surface area contributed by atoms with Crippen LogP contribution in [0.15, 0.2) is 72.8 Å². The fourth-order valence-electron chi connectivity index (χ4n) is 4.02. The Balaban J connectivity index is 2.09. The van der Waals surface area contributed by atoms with Gasteiger partial charge in [-0.05, 0) is 43.7 Å². The van der Waals surface area contributed by atoms with Gasteiger partial charge in [-0.25, -0.2) is 12.8 Å². The smallest absolute Gasteiger partial charge is 0.244 e. The van der Waals surface area contributed by atoms with Gasteiger partial charge in [-0.2, -0.15) is 0 Å². The minimum Gasteiger partial charge on any atom is -0.352 e. The second kappa shape index (κ2) is 13.3. The number of rotatable bonds is 11. The Kier molecular flexibility index (Phi) is 10.4. The van der Waals surface area contributed by atoms with Crippen LogP contribution < -0.4 is 9.62 Å². The first-order valence-electron chi connectivity index (χ1n) is 12.2. The number of halogens is 3. The molecule has 208 valence electrons. The molecule has 0 aliphatic carbocycles. The van der Waals surface area contributed by atoms with Crippen LogP contribution in [0.1, 0.15) is 25.0 Å². The SMILES string of the molecule is CC(C)NC(=O)C(Cc1ccccc1)N(Cc1ccccc1F)C(=O)CN(c1cc(Cl)ccc1Cl)S(C)(=O)=O. The summed E-state index contributed by atoms with van der Waals surface area (Å²) in [7, 11) is -4.02. The molecule has 3 aromatic rings. The molecule has 0 aliphatic heterocycles. The fourth-order valence-corrected chi connectivity index (χ4v) is 5.31. The summed E-state index contributed by atoms with van der Waals surface area (Å²) in [6.07, 6.45) is 1.06. The maximum atomic E-state index is 14.8. The predicted molar refractivity (Wildman–Crippen MR) is 153 cm³/mol. The summed E-state index contributed by atoms with van der Waals surface area (Å²) in [5.41, 5.74) is 0.954. The van der Waals surface area contributed by atoms with E-state index in [9.17, 15) is 22.4 Å². The monoisotopic (exact) mass is 593 g/mol. The second-order valence-electron chi connectivity index (χ2n) is 9.35. The number of nitrogens with one attached hydrogen (secondary N) is 1. The standard InChI is InChI=1S/C28H30Cl2FN3O4S/c1-19(2)32-28(36)26(15-20-9-5-4-6-10-20)33(17-21-11-7-8-12-24(21)31)27(35)18-34(39(3,37)38)25-16-22(29)13-14-23(25)30/h4-14,16,19,26H,15,17-18H2,1-3H3,(H,32,36). The third kappa shape index (κ3) is 8.42. The molecule has 0 aromatic heterocycles. The fraction of sp³-hybridized carbons (Fsp3) is 0.286. The Morgan fingerprint density at radius 1 is 0.974 bits per heavy atom. The van der Waals surface area contributed by atoms with Crippen LogP contribution in [-0.2, 0) is 32.6 Å². The van der Waals surface area contributed by atoms with Gasteiger partial charge in [-0.3, -0.25) is 13.9 Å². The zero-order valence-electron chi connectivity index (χ0n) is 21.8. The summed E-state index contributed by atoms with van der Waals surface area (Å²) in [5.74, 6) is -1.74. The second-order valence-corrected chi connectivity index (χ2v) is 12.1. The Labute approximate surface area is 238 Å². The number of carbonyl (C=O) groups is 2. The van der Waals surface area contributed by atoms with Gasteiger partial charge in [-0.15, -0.1) is 0 Å². The van der Waals surface area contributed by atoms with Crippen LogP contribution in [0.3, 0.4) is 0 Å². The average Bonchev–Trinajstić information content (AvgIpc) is 2.86. The molecular weight excluding hydrogens is 564 g/mol. The van der Waals surface area contributed by atoms with Gasteiger partial charge in [0.25, 0.3) is 0 Å². The van der Waals surface area contributed by atoms with Gasteiger partial charge in [-0.1, -0.05) is 71.7 Å². The highest BCUT2D eigenvalue weighted by molar-refractivity contribution is 7.92. The van der Waals surface area contributed by atoms with E-state index in [1.165, 1.54) is 41.3 Å². The van der Waals surface area contributed by atoms with Crippen LogP contribution in [0.2, 0.25) is 10.0 Å². The van der Waals surface area contributed by atoms with Crippen molar-refractivity contribution in [2.45, 2.75) is 38.9 Å². The van der Waals surface area contributed by atoms with Crippen LogP contribution in [0.5, 0.6) is 0 Å². The zero-order valence-corrected chi connectivity index (χ0v) is 24.1. The number of hydrogen-bond acceptors (Lipinski definition) is 4. The van der Waals surface area contributed by atoms with Crippen molar-refractivity contribution in [3.63, 3.8) is 0 Å². The number of amides is 2. The molecule has 11 heteroatoms. The molecule has 0 spiro atoms.